The molecule has 19 heavy (non-hydrogen) atoms. The van der Waals surface area contributed by atoms with Gasteiger partial charge in [-0.15, -0.1) is 0 Å². The fourth-order valence-corrected chi connectivity index (χ4v) is 1.75. The quantitative estimate of drug-likeness (QED) is 0.791. The Morgan fingerprint density at radius 2 is 2.00 bits per heavy atom. The Morgan fingerprint density at radius 1 is 1.32 bits per heavy atom. The molecule has 0 saturated heterocycles. The maximum atomic E-state index is 11.4. The number of hydrogen-bond donors (Lipinski definition) is 2. The molecule has 1 unspecified atom stereocenters. The van der Waals surface area contributed by atoms with Crippen molar-refractivity contribution in [2.45, 2.75) is 19.9 Å². The minimum Gasteiger partial charge on any atom is -0.497 e. The lowest BCUT2D eigenvalue weighted by molar-refractivity contribution is -0.139. The predicted octanol–water partition coefficient (Wildman–Crippen LogP) is 2.08. The van der Waals surface area contributed by atoms with Gasteiger partial charge in [0, 0.05) is 5.56 Å². The first-order valence-corrected chi connectivity index (χ1v) is 6.17. The molecule has 0 aliphatic rings. The number of nitrogens with one attached hydrogen (secondary N) is 1. The van der Waals surface area contributed by atoms with E-state index in [4.69, 9.17) is 9.47 Å². The Bertz CT molecular complexity index is 431. The number of hydrogen-bond acceptors (Lipinski definition) is 4. The average Bonchev–Trinajstić information content (AvgIpc) is 2.38. The summed E-state index contributed by atoms with van der Waals surface area (Å²) in [7, 11) is 3.07. The van der Waals surface area contributed by atoms with Crippen molar-refractivity contribution in [3.05, 3.63) is 23.8 Å². The van der Waals surface area contributed by atoms with Gasteiger partial charge in [0.2, 0.25) is 0 Å². The Balaban J connectivity index is 3.09. The van der Waals surface area contributed by atoms with E-state index in [1.165, 1.54) is 7.11 Å². The highest BCUT2D eigenvalue weighted by Crippen LogP contribution is 2.29. The maximum absolute atomic E-state index is 11.4. The molecule has 106 valence electrons. The number of aliphatic carboxylic acids is 1. The summed E-state index contributed by atoms with van der Waals surface area (Å²) in [6.45, 7) is 4.65. The van der Waals surface area contributed by atoms with E-state index in [0.717, 1.165) is 0 Å². The fourth-order valence-electron chi connectivity index (χ4n) is 1.75. The van der Waals surface area contributed by atoms with Crippen LogP contribution in [0.5, 0.6) is 11.5 Å². The Kier molecular flexibility index (Phi) is 5.63. The summed E-state index contributed by atoms with van der Waals surface area (Å²) in [6.07, 6.45) is 0. The zero-order valence-electron chi connectivity index (χ0n) is 11.8. The lowest BCUT2D eigenvalue weighted by Gasteiger charge is -2.19. The van der Waals surface area contributed by atoms with Gasteiger partial charge in [-0.1, -0.05) is 13.8 Å². The van der Waals surface area contributed by atoms with Crippen LogP contribution in [0.1, 0.15) is 25.5 Å². The van der Waals surface area contributed by atoms with E-state index in [9.17, 15) is 9.90 Å². The first-order valence-electron chi connectivity index (χ1n) is 6.17. The second-order valence-electron chi connectivity index (χ2n) is 4.68. The Labute approximate surface area is 113 Å². The summed E-state index contributed by atoms with van der Waals surface area (Å²) in [5.41, 5.74) is 0.565. The van der Waals surface area contributed by atoms with Gasteiger partial charge < -0.3 is 19.9 Å². The van der Waals surface area contributed by atoms with Crippen LogP contribution in [0.15, 0.2) is 18.2 Å². The highest BCUT2D eigenvalue weighted by Gasteiger charge is 2.23. The monoisotopic (exact) mass is 267 g/mol. The topological polar surface area (TPSA) is 67.8 Å². The number of rotatable bonds is 7. The molecule has 0 bridgehead atoms. The van der Waals surface area contributed by atoms with Crippen molar-refractivity contribution in [1.82, 2.24) is 5.32 Å². The van der Waals surface area contributed by atoms with E-state index in [1.54, 1.807) is 25.3 Å². The van der Waals surface area contributed by atoms with Crippen LogP contribution in [-0.2, 0) is 4.79 Å². The zero-order valence-corrected chi connectivity index (χ0v) is 11.8. The number of benzene rings is 1. The van der Waals surface area contributed by atoms with Crippen LogP contribution in [0.25, 0.3) is 0 Å². The van der Waals surface area contributed by atoms with Gasteiger partial charge in [0.1, 0.15) is 17.5 Å². The lowest BCUT2D eigenvalue weighted by atomic mass is 10.0. The number of carboxylic acid groups (broad SMARTS) is 1. The third-order valence-corrected chi connectivity index (χ3v) is 2.73. The molecule has 5 nitrogen and oxygen atoms in total. The van der Waals surface area contributed by atoms with Crippen LogP contribution in [0.3, 0.4) is 0 Å². The van der Waals surface area contributed by atoms with Crippen molar-refractivity contribution >= 4 is 5.97 Å². The third-order valence-electron chi connectivity index (χ3n) is 2.73. The Hall–Kier alpha value is -1.75. The normalized spacial score (nSPS) is 12.3. The molecule has 1 rings (SSSR count). The van der Waals surface area contributed by atoms with Crippen molar-refractivity contribution in [3.8, 4) is 11.5 Å². The van der Waals surface area contributed by atoms with Crippen molar-refractivity contribution in [3.63, 3.8) is 0 Å². The number of carboxylic acids is 1. The fraction of sp³-hybridized carbons (Fsp3) is 0.500. The smallest absolute Gasteiger partial charge is 0.325 e. The summed E-state index contributed by atoms with van der Waals surface area (Å²) >= 11 is 0. The first-order chi connectivity index (χ1) is 8.99. The minimum absolute atomic E-state index is 0.360. The average molecular weight is 267 g/mol. The van der Waals surface area contributed by atoms with E-state index >= 15 is 0 Å². The van der Waals surface area contributed by atoms with Gasteiger partial charge in [-0.25, -0.2) is 0 Å². The summed E-state index contributed by atoms with van der Waals surface area (Å²) in [5.74, 6) is 0.559. The van der Waals surface area contributed by atoms with E-state index < -0.39 is 12.0 Å². The molecule has 1 aromatic carbocycles. The van der Waals surface area contributed by atoms with Gasteiger partial charge in [0.25, 0.3) is 0 Å². The van der Waals surface area contributed by atoms with Crippen LogP contribution in [0.2, 0.25) is 0 Å². The molecule has 0 aliphatic carbocycles. The predicted molar refractivity (Wildman–Crippen MR) is 72.8 cm³/mol. The first kappa shape index (κ1) is 15.3. The van der Waals surface area contributed by atoms with E-state index in [1.807, 2.05) is 13.8 Å². The summed E-state index contributed by atoms with van der Waals surface area (Å²) in [6, 6.07) is 4.32. The molecular weight excluding hydrogens is 246 g/mol. The standard InChI is InChI=1S/C14H21NO4/c1-9(2)8-15-13(14(16)17)11-7-10(18-3)5-6-12(11)19-4/h5-7,9,13,15H,8H2,1-4H3,(H,16,17). The minimum atomic E-state index is -0.938. The molecule has 0 aliphatic heterocycles. The molecule has 0 fully saturated rings. The van der Waals surface area contributed by atoms with Crippen LogP contribution in [0, 0.1) is 5.92 Å². The van der Waals surface area contributed by atoms with Crippen molar-refractivity contribution < 1.29 is 19.4 Å². The van der Waals surface area contributed by atoms with Crippen LogP contribution < -0.4 is 14.8 Å². The van der Waals surface area contributed by atoms with E-state index in [2.05, 4.69) is 5.32 Å². The molecule has 0 heterocycles. The van der Waals surface area contributed by atoms with Crippen molar-refractivity contribution in [2.75, 3.05) is 20.8 Å². The molecule has 0 aromatic heterocycles. The molecule has 5 heteroatoms. The molecule has 0 radical (unpaired) electrons. The summed E-state index contributed by atoms with van der Waals surface area (Å²) < 4.78 is 10.4. The van der Waals surface area contributed by atoms with Crippen molar-refractivity contribution in [1.29, 1.82) is 0 Å². The third kappa shape index (κ3) is 4.13. The summed E-state index contributed by atoms with van der Waals surface area (Å²) in [4.78, 5) is 11.4. The van der Waals surface area contributed by atoms with Crippen molar-refractivity contribution in [2.24, 2.45) is 5.92 Å². The second-order valence-corrected chi connectivity index (χ2v) is 4.68. The summed E-state index contributed by atoms with van der Waals surface area (Å²) in [5, 5.41) is 12.4. The largest absolute Gasteiger partial charge is 0.497 e. The van der Waals surface area contributed by atoms with Gasteiger partial charge in [-0.05, 0) is 30.7 Å². The highest BCUT2D eigenvalue weighted by atomic mass is 16.5. The molecule has 0 saturated carbocycles. The van der Waals surface area contributed by atoms with Gasteiger partial charge in [0.15, 0.2) is 0 Å². The molecule has 0 spiro atoms. The van der Waals surface area contributed by atoms with Gasteiger partial charge in [-0.3, -0.25) is 4.79 Å². The van der Waals surface area contributed by atoms with Crippen LogP contribution in [-0.4, -0.2) is 31.8 Å². The number of ether oxygens (including phenoxy) is 2. The van der Waals surface area contributed by atoms with Gasteiger partial charge >= 0.3 is 5.97 Å². The van der Waals surface area contributed by atoms with Crippen LogP contribution in [0.4, 0.5) is 0 Å². The Morgan fingerprint density at radius 3 is 2.47 bits per heavy atom. The molecule has 2 N–H and O–H groups in total. The lowest BCUT2D eigenvalue weighted by Crippen LogP contribution is -2.31. The van der Waals surface area contributed by atoms with Gasteiger partial charge in [0.05, 0.1) is 14.2 Å². The van der Waals surface area contributed by atoms with Crippen LogP contribution >= 0.6 is 0 Å². The molecule has 1 atom stereocenters. The highest BCUT2D eigenvalue weighted by molar-refractivity contribution is 5.77. The second kappa shape index (κ2) is 6.99. The molecular formula is C14H21NO4. The number of carbonyl (C=O) groups is 1. The van der Waals surface area contributed by atoms with E-state index in [0.29, 0.717) is 29.5 Å². The zero-order chi connectivity index (χ0) is 14.4. The SMILES string of the molecule is COc1ccc(OC)c(C(NCC(C)C)C(=O)O)c1. The van der Waals surface area contributed by atoms with E-state index in [-0.39, 0.29) is 0 Å². The number of methoxy groups -OCH3 is 2. The maximum Gasteiger partial charge on any atom is 0.325 e. The molecule has 0 amide bonds. The van der Waals surface area contributed by atoms with Gasteiger partial charge in [-0.2, -0.15) is 0 Å². The molecule has 1 aromatic rings.